The molecule has 2 atom stereocenters. The second kappa shape index (κ2) is 4.52. The smallest absolute Gasteiger partial charge is 0.357 e. The summed E-state index contributed by atoms with van der Waals surface area (Å²) < 4.78 is 4.92. The summed E-state index contributed by atoms with van der Waals surface area (Å²) in [5.74, 6) is -2.80. The Morgan fingerprint density at radius 2 is 2.24 bits per heavy atom. The molecule has 0 radical (unpaired) electrons. The van der Waals surface area contributed by atoms with Crippen LogP contribution in [0.15, 0.2) is 5.16 Å². The van der Waals surface area contributed by atoms with Crippen molar-refractivity contribution in [3.8, 4) is 0 Å². The van der Waals surface area contributed by atoms with Gasteiger partial charge in [-0.2, -0.15) is 0 Å². The molecule has 17 heavy (non-hydrogen) atoms. The zero-order valence-electron chi connectivity index (χ0n) is 9.26. The third-order valence-corrected chi connectivity index (χ3v) is 2.59. The molecular formula is C10H12N2O5. The van der Waals surface area contributed by atoms with Gasteiger partial charge in [0.05, 0.1) is 6.61 Å². The van der Waals surface area contributed by atoms with Crippen LogP contribution < -0.4 is 5.32 Å². The van der Waals surface area contributed by atoms with Gasteiger partial charge >= 0.3 is 5.97 Å². The molecule has 0 spiro atoms. The standard InChI is InChI=1S/C10H12N2O5/c1-2-3-4-16-10(15)6-5-7(17-12-6)9(14)11-8(5)13/h5,7H,2-4H2,1H3,(H,11,13,14). The topological polar surface area (TPSA) is 94.1 Å². The highest BCUT2D eigenvalue weighted by Crippen LogP contribution is 2.24. The van der Waals surface area contributed by atoms with E-state index in [1.807, 2.05) is 6.92 Å². The molecule has 0 aliphatic carbocycles. The highest BCUT2D eigenvalue weighted by atomic mass is 16.7. The van der Waals surface area contributed by atoms with Crippen molar-refractivity contribution in [2.75, 3.05) is 6.61 Å². The number of nitrogens with one attached hydrogen (secondary N) is 1. The molecule has 0 aromatic heterocycles. The van der Waals surface area contributed by atoms with E-state index in [9.17, 15) is 14.4 Å². The summed E-state index contributed by atoms with van der Waals surface area (Å²) in [6.07, 6.45) is 0.608. The number of nitrogens with zero attached hydrogens (tertiary/aromatic N) is 1. The van der Waals surface area contributed by atoms with E-state index >= 15 is 0 Å². The minimum Gasteiger partial charge on any atom is -0.461 e. The van der Waals surface area contributed by atoms with Crippen LogP contribution in [0.2, 0.25) is 0 Å². The molecule has 7 heteroatoms. The molecule has 92 valence electrons. The van der Waals surface area contributed by atoms with Gasteiger partial charge < -0.3 is 9.57 Å². The fraction of sp³-hybridized carbons (Fsp3) is 0.600. The van der Waals surface area contributed by atoms with E-state index in [1.165, 1.54) is 0 Å². The van der Waals surface area contributed by atoms with E-state index in [0.29, 0.717) is 0 Å². The number of rotatable bonds is 4. The third-order valence-electron chi connectivity index (χ3n) is 2.59. The van der Waals surface area contributed by atoms with Crippen LogP contribution in [0, 0.1) is 5.92 Å². The monoisotopic (exact) mass is 240 g/mol. The van der Waals surface area contributed by atoms with Crippen molar-refractivity contribution in [1.82, 2.24) is 5.32 Å². The zero-order valence-corrected chi connectivity index (χ0v) is 9.26. The summed E-state index contributed by atoms with van der Waals surface area (Å²) in [5, 5.41) is 5.54. The van der Waals surface area contributed by atoms with Gasteiger partial charge in [-0.3, -0.25) is 14.9 Å². The van der Waals surface area contributed by atoms with Gasteiger partial charge in [0.15, 0.2) is 5.71 Å². The van der Waals surface area contributed by atoms with Crippen molar-refractivity contribution in [2.45, 2.75) is 25.9 Å². The molecule has 2 aliphatic rings. The summed E-state index contributed by atoms with van der Waals surface area (Å²) in [6.45, 7) is 2.23. The number of fused-ring (bicyclic) bond motifs is 1. The first-order chi connectivity index (χ1) is 8.15. The average molecular weight is 240 g/mol. The Labute approximate surface area is 97.1 Å². The van der Waals surface area contributed by atoms with E-state index in [-0.39, 0.29) is 12.3 Å². The van der Waals surface area contributed by atoms with Crippen molar-refractivity contribution >= 4 is 23.5 Å². The van der Waals surface area contributed by atoms with E-state index in [4.69, 9.17) is 9.57 Å². The van der Waals surface area contributed by atoms with Crippen molar-refractivity contribution in [3.63, 3.8) is 0 Å². The van der Waals surface area contributed by atoms with Crippen LogP contribution in [0.1, 0.15) is 19.8 Å². The molecule has 2 rings (SSSR count). The largest absolute Gasteiger partial charge is 0.461 e. The van der Waals surface area contributed by atoms with Gasteiger partial charge in [0.1, 0.15) is 5.92 Å². The maximum absolute atomic E-state index is 11.6. The minimum absolute atomic E-state index is 0.130. The fourth-order valence-corrected chi connectivity index (χ4v) is 1.65. The van der Waals surface area contributed by atoms with E-state index in [1.54, 1.807) is 0 Å². The molecule has 2 heterocycles. The summed E-state index contributed by atoms with van der Waals surface area (Å²) in [5.41, 5.74) is -0.130. The molecule has 0 aromatic rings. The Balaban J connectivity index is 2.00. The van der Waals surface area contributed by atoms with E-state index in [2.05, 4.69) is 10.5 Å². The van der Waals surface area contributed by atoms with Gasteiger partial charge in [0, 0.05) is 0 Å². The molecule has 1 fully saturated rings. The molecular weight excluding hydrogens is 228 g/mol. The van der Waals surface area contributed by atoms with Crippen LogP contribution in [0.25, 0.3) is 0 Å². The Kier molecular flexibility index (Phi) is 3.08. The summed E-state index contributed by atoms with van der Waals surface area (Å²) >= 11 is 0. The number of carbonyl (C=O) groups excluding carboxylic acids is 3. The number of hydrogen-bond acceptors (Lipinski definition) is 6. The molecule has 0 aromatic carbocycles. The maximum atomic E-state index is 11.6. The second-order valence-corrected chi connectivity index (χ2v) is 3.82. The van der Waals surface area contributed by atoms with Crippen LogP contribution in [0.4, 0.5) is 0 Å². The van der Waals surface area contributed by atoms with Crippen molar-refractivity contribution in [3.05, 3.63) is 0 Å². The summed E-state index contributed by atoms with van der Waals surface area (Å²) in [6, 6.07) is 0. The summed E-state index contributed by atoms with van der Waals surface area (Å²) in [4.78, 5) is 39.0. The molecule has 1 N–H and O–H groups in total. The predicted molar refractivity (Wildman–Crippen MR) is 54.8 cm³/mol. The number of amides is 2. The van der Waals surface area contributed by atoms with Gasteiger partial charge in [-0.25, -0.2) is 4.79 Å². The number of oxime groups is 1. The second-order valence-electron chi connectivity index (χ2n) is 3.82. The lowest BCUT2D eigenvalue weighted by Crippen LogP contribution is -2.32. The Morgan fingerprint density at radius 1 is 1.47 bits per heavy atom. The lowest BCUT2D eigenvalue weighted by atomic mass is 10.00. The lowest BCUT2D eigenvalue weighted by molar-refractivity contribution is -0.136. The van der Waals surface area contributed by atoms with Crippen LogP contribution in [0.3, 0.4) is 0 Å². The SMILES string of the molecule is CCCCOC(=O)C1=NOC2C(=O)NC(=O)C12. The average Bonchev–Trinajstić information content (AvgIpc) is 2.83. The number of hydrogen-bond donors (Lipinski definition) is 1. The highest BCUT2D eigenvalue weighted by molar-refractivity contribution is 6.43. The quantitative estimate of drug-likeness (QED) is 0.400. The zero-order chi connectivity index (χ0) is 12.4. The first-order valence-corrected chi connectivity index (χ1v) is 5.40. The Morgan fingerprint density at radius 3 is 2.94 bits per heavy atom. The number of imide groups is 1. The van der Waals surface area contributed by atoms with Crippen molar-refractivity contribution < 1.29 is 24.0 Å². The third kappa shape index (κ3) is 2.00. The van der Waals surface area contributed by atoms with Gasteiger partial charge in [-0.1, -0.05) is 18.5 Å². The van der Waals surface area contributed by atoms with Crippen LogP contribution in [-0.4, -0.2) is 36.2 Å². The highest BCUT2D eigenvalue weighted by Gasteiger charge is 2.53. The molecule has 2 amide bonds. The molecule has 2 aliphatic heterocycles. The van der Waals surface area contributed by atoms with Gasteiger partial charge in [-0.05, 0) is 6.42 Å². The first-order valence-electron chi connectivity index (χ1n) is 5.40. The van der Waals surface area contributed by atoms with Crippen LogP contribution in [-0.2, 0) is 24.0 Å². The Bertz CT molecular complexity index is 404. The fourth-order valence-electron chi connectivity index (χ4n) is 1.65. The predicted octanol–water partition coefficient (Wildman–Crippen LogP) is -0.643. The number of unbranched alkanes of at least 4 members (excludes halogenated alkanes) is 1. The molecule has 0 saturated carbocycles. The number of carbonyl (C=O) groups is 3. The molecule has 0 bridgehead atoms. The number of ether oxygens (including phenoxy) is 1. The first kappa shape index (κ1) is 11.6. The van der Waals surface area contributed by atoms with Gasteiger partial charge in [-0.15, -0.1) is 0 Å². The normalized spacial score (nSPS) is 26.1. The minimum atomic E-state index is -1.02. The van der Waals surface area contributed by atoms with Crippen LogP contribution in [0.5, 0.6) is 0 Å². The van der Waals surface area contributed by atoms with Crippen LogP contribution >= 0.6 is 0 Å². The molecule has 2 unspecified atom stereocenters. The lowest BCUT2D eigenvalue weighted by Gasteiger charge is -2.05. The van der Waals surface area contributed by atoms with Crippen molar-refractivity contribution in [2.24, 2.45) is 11.1 Å². The summed E-state index contributed by atoms with van der Waals surface area (Å²) in [7, 11) is 0. The maximum Gasteiger partial charge on any atom is 0.357 e. The van der Waals surface area contributed by atoms with E-state index in [0.717, 1.165) is 12.8 Å². The van der Waals surface area contributed by atoms with E-state index < -0.39 is 29.8 Å². The van der Waals surface area contributed by atoms with Gasteiger partial charge in [0.25, 0.3) is 5.91 Å². The molecule has 1 saturated heterocycles. The van der Waals surface area contributed by atoms with Crippen molar-refractivity contribution in [1.29, 1.82) is 0 Å². The Hall–Kier alpha value is -1.92. The van der Waals surface area contributed by atoms with Gasteiger partial charge in [0.2, 0.25) is 12.0 Å². The number of esters is 1. The molecule has 7 nitrogen and oxygen atoms in total.